The number of ether oxygens (including phenoxy) is 2. The lowest BCUT2D eigenvalue weighted by atomic mass is 9.99. The van der Waals surface area contributed by atoms with Crippen LogP contribution in [-0.2, 0) is 25.5 Å². The lowest BCUT2D eigenvalue weighted by Gasteiger charge is -2.24. The molecule has 0 unspecified atom stereocenters. The van der Waals surface area contributed by atoms with Gasteiger partial charge in [0.15, 0.2) is 6.10 Å². The van der Waals surface area contributed by atoms with Crippen molar-refractivity contribution in [3.05, 3.63) is 68.7 Å². The number of halogens is 1. The van der Waals surface area contributed by atoms with Crippen LogP contribution in [0.5, 0.6) is 0 Å². The zero-order chi connectivity index (χ0) is 21.1. The molecule has 3 rings (SSSR count). The van der Waals surface area contributed by atoms with E-state index in [1.165, 1.54) is 19.1 Å². The Bertz CT molecular complexity index is 1010. The van der Waals surface area contributed by atoms with Gasteiger partial charge in [-0.05, 0) is 24.6 Å². The van der Waals surface area contributed by atoms with Gasteiger partial charge in [-0.25, -0.2) is 9.59 Å². The number of anilines is 1. The second-order valence-electron chi connectivity index (χ2n) is 6.24. The van der Waals surface area contributed by atoms with Crippen LogP contribution in [0.15, 0.2) is 42.5 Å². The number of cyclic esters (lactones) is 1. The number of nitro groups is 1. The van der Waals surface area contributed by atoms with Gasteiger partial charge in [-0.3, -0.25) is 14.9 Å². The van der Waals surface area contributed by atoms with Gasteiger partial charge in [-0.2, -0.15) is 0 Å². The van der Waals surface area contributed by atoms with Crippen molar-refractivity contribution in [2.24, 2.45) is 0 Å². The average molecular weight is 419 g/mol. The van der Waals surface area contributed by atoms with E-state index in [4.69, 9.17) is 21.1 Å². The smallest absolute Gasteiger partial charge is 0.348 e. The zero-order valence-corrected chi connectivity index (χ0v) is 15.8. The minimum atomic E-state index is -1.26. The molecule has 0 spiro atoms. The van der Waals surface area contributed by atoms with Gasteiger partial charge in [-0.15, -0.1) is 0 Å². The molecule has 150 valence electrons. The van der Waals surface area contributed by atoms with Crippen molar-refractivity contribution < 1.29 is 28.8 Å². The van der Waals surface area contributed by atoms with Gasteiger partial charge in [0.2, 0.25) is 6.10 Å². The fourth-order valence-corrected chi connectivity index (χ4v) is 2.89. The van der Waals surface area contributed by atoms with E-state index >= 15 is 0 Å². The molecule has 0 saturated carbocycles. The van der Waals surface area contributed by atoms with Gasteiger partial charge >= 0.3 is 11.9 Å². The number of hydrogen-bond acceptors (Lipinski definition) is 7. The van der Waals surface area contributed by atoms with Gasteiger partial charge < -0.3 is 14.8 Å². The number of nitro benzene ring substituents is 1. The fraction of sp³-hybridized carbons (Fsp3) is 0.211. The number of amides is 1. The lowest BCUT2D eigenvalue weighted by Crippen LogP contribution is -2.39. The summed E-state index contributed by atoms with van der Waals surface area (Å²) in [6, 6.07) is 10.3. The van der Waals surface area contributed by atoms with Crippen LogP contribution in [0.25, 0.3) is 0 Å². The summed E-state index contributed by atoms with van der Waals surface area (Å²) in [5.74, 6) is -2.27. The van der Waals surface area contributed by atoms with Crippen LogP contribution in [-0.4, -0.2) is 35.0 Å². The van der Waals surface area contributed by atoms with Crippen LogP contribution in [0.1, 0.15) is 22.8 Å². The molecule has 1 aliphatic heterocycles. The van der Waals surface area contributed by atoms with E-state index in [9.17, 15) is 24.5 Å². The van der Waals surface area contributed by atoms with Crippen LogP contribution in [0, 0.1) is 10.1 Å². The maximum Gasteiger partial charge on any atom is 0.348 e. The molecule has 2 aromatic carbocycles. The topological polar surface area (TPSA) is 125 Å². The summed E-state index contributed by atoms with van der Waals surface area (Å²) in [6.07, 6.45) is -2.30. The van der Waals surface area contributed by atoms with Crippen LogP contribution in [0.3, 0.4) is 0 Å². The van der Waals surface area contributed by atoms with Crippen LogP contribution in [0.2, 0.25) is 5.02 Å². The minimum Gasteiger partial charge on any atom is -0.450 e. The van der Waals surface area contributed by atoms with Gasteiger partial charge in [0, 0.05) is 18.6 Å². The van der Waals surface area contributed by atoms with E-state index in [-0.39, 0.29) is 22.8 Å². The number of fused-ring (bicyclic) bond motifs is 1. The van der Waals surface area contributed by atoms with Crippen molar-refractivity contribution in [1.82, 2.24) is 0 Å². The minimum absolute atomic E-state index is 0.00628. The Morgan fingerprint density at radius 3 is 2.76 bits per heavy atom. The zero-order valence-electron chi connectivity index (χ0n) is 15.1. The highest BCUT2D eigenvalue weighted by Gasteiger charge is 2.34. The standard InChI is InChI=1S/C19H15ClN2O7/c1-10(17(23)21-15-9-12(22(26)27)6-7-14(15)20)28-19(25)16-8-11-4-2-3-5-13(11)18(24)29-16/h2-7,9-10,16H,8H2,1H3,(H,21,23)/t10-,16+/m1/s1. The molecule has 0 fully saturated rings. The summed E-state index contributed by atoms with van der Waals surface area (Å²) in [5.41, 5.74) is 0.766. The first-order valence-corrected chi connectivity index (χ1v) is 8.88. The molecule has 0 aliphatic carbocycles. The summed E-state index contributed by atoms with van der Waals surface area (Å²) < 4.78 is 10.2. The Balaban J connectivity index is 1.64. The highest BCUT2D eigenvalue weighted by Crippen LogP contribution is 2.27. The molecular formula is C19H15ClN2O7. The van der Waals surface area contributed by atoms with Gasteiger partial charge in [0.05, 0.1) is 21.2 Å². The van der Waals surface area contributed by atoms with E-state index in [0.717, 1.165) is 6.07 Å². The third-order valence-electron chi connectivity index (χ3n) is 4.24. The van der Waals surface area contributed by atoms with Gasteiger partial charge in [0.1, 0.15) is 0 Å². The van der Waals surface area contributed by atoms with Crippen molar-refractivity contribution in [3.63, 3.8) is 0 Å². The first-order chi connectivity index (χ1) is 13.8. The Labute approximate surface area is 169 Å². The largest absolute Gasteiger partial charge is 0.450 e. The predicted octanol–water partition coefficient (Wildman–Crippen LogP) is 2.90. The molecule has 2 aromatic rings. The molecule has 29 heavy (non-hydrogen) atoms. The van der Waals surface area contributed by atoms with Crippen LogP contribution >= 0.6 is 11.6 Å². The highest BCUT2D eigenvalue weighted by atomic mass is 35.5. The van der Waals surface area contributed by atoms with Crippen molar-refractivity contribution >= 4 is 40.8 Å². The first-order valence-electron chi connectivity index (χ1n) is 8.50. The second-order valence-corrected chi connectivity index (χ2v) is 6.65. The molecule has 9 nitrogen and oxygen atoms in total. The molecule has 1 N–H and O–H groups in total. The van der Waals surface area contributed by atoms with E-state index < -0.39 is 35.0 Å². The predicted molar refractivity (Wildman–Crippen MR) is 102 cm³/mol. The SMILES string of the molecule is C[C@@H](OC(=O)[C@@H]1Cc2ccccc2C(=O)O1)C(=O)Nc1cc([N+](=O)[O-])ccc1Cl. The maximum absolute atomic E-state index is 12.3. The van der Waals surface area contributed by atoms with Gasteiger partial charge in [0.25, 0.3) is 11.6 Å². The molecule has 10 heteroatoms. The average Bonchev–Trinajstić information content (AvgIpc) is 2.69. The lowest BCUT2D eigenvalue weighted by molar-refractivity contribution is -0.384. The number of rotatable bonds is 5. The number of benzene rings is 2. The molecule has 1 heterocycles. The van der Waals surface area contributed by atoms with Crippen molar-refractivity contribution in [2.75, 3.05) is 5.32 Å². The van der Waals surface area contributed by atoms with Gasteiger partial charge in [-0.1, -0.05) is 29.8 Å². The normalized spacial score (nSPS) is 16.2. The number of carbonyl (C=O) groups excluding carboxylic acids is 3. The third kappa shape index (κ3) is 4.52. The maximum atomic E-state index is 12.3. The number of esters is 2. The Hall–Kier alpha value is -3.46. The Morgan fingerprint density at radius 1 is 1.31 bits per heavy atom. The molecular weight excluding hydrogens is 404 g/mol. The molecule has 2 atom stereocenters. The molecule has 1 aliphatic rings. The van der Waals surface area contributed by atoms with E-state index in [1.54, 1.807) is 24.3 Å². The van der Waals surface area contributed by atoms with Crippen LogP contribution in [0.4, 0.5) is 11.4 Å². The van der Waals surface area contributed by atoms with Crippen molar-refractivity contribution in [2.45, 2.75) is 25.6 Å². The second kappa shape index (κ2) is 8.27. The summed E-state index contributed by atoms with van der Waals surface area (Å²) in [6.45, 7) is 1.32. The van der Waals surface area contributed by atoms with E-state index in [0.29, 0.717) is 11.1 Å². The Kier molecular flexibility index (Phi) is 5.79. The molecule has 0 saturated heterocycles. The van der Waals surface area contributed by atoms with Crippen molar-refractivity contribution in [1.29, 1.82) is 0 Å². The molecule has 0 bridgehead atoms. The number of hydrogen-bond donors (Lipinski definition) is 1. The number of nitrogens with one attached hydrogen (secondary N) is 1. The molecule has 1 amide bonds. The summed E-state index contributed by atoms with van der Waals surface area (Å²) in [7, 11) is 0. The number of nitrogens with zero attached hydrogens (tertiary/aromatic N) is 1. The highest BCUT2D eigenvalue weighted by molar-refractivity contribution is 6.33. The van der Waals surface area contributed by atoms with Crippen molar-refractivity contribution in [3.8, 4) is 0 Å². The molecule has 0 radical (unpaired) electrons. The summed E-state index contributed by atoms with van der Waals surface area (Å²) >= 11 is 5.94. The monoisotopic (exact) mass is 418 g/mol. The third-order valence-corrected chi connectivity index (χ3v) is 4.57. The number of carbonyl (C=O) groups is 3. The van der Waals surface area contributed by atoms with E-state index in [2.05, 4.69) is 5.32 Å². The summed E-state index contributed by atoms with van der Waals surface area (Å²) in [5, 5.41) is 13.3. The Morgan fingerprint density at radius 2 is 2.03 bits per heavy atom. The molecule has 0 aromatic heterocycles. The van der Waals surface area contributed by atoms with Crippen LogP contribution < -0.4 is 5.32 Å². The van der Waals surface area contributed by atoms with E-state index in [1.807, 2.05) is 0 Å². The number of non-ortho nitro benzene ring substituents is 1. The first kappa shape index (κ1) is 20.3. The fourth-order valence-electron chi connectivity index (χ4n) is 2.72. The quantitative estimate of drug-likeness (QED) is 0.449. The summed E-state index contributed by atoms with van der Waals surface area (Å²) in [4.78, 5) is 46.9.